The SMILES string of the molecule is CNC(=O)c1ccc(CNCC(=O)NC2CCCCCCC2)cc1. The lowest BCUT2D eigenvalue weighted by atomic mass is 9.97. The first-order valence-corrected chi connectivity index (χ1v) is 9.00. The Labute approximate surface area is 144 Å². The summed E-state index contributed by atoms with van der Waals surface area (Å²) in [6, 6.07) is 7.75. The molecular weight excluding hydrogens is 302 g/mol. The molecule has 0 heterocycles. The van der Waals surface area contributed by atoms with Gasteiger partial charge in [0.05, 0.1) is 6.54 Å². The monoisotopic (exact) mass is 331 g/mol. The summed E-state index contributed by atoms with van der Waals surface area (Å²) in [5.41, 5.74) is 1.70. The van der Waals surface area contributed by atoms with E-state index in [4.69, 9.17) is 0 Å². The van der Waals surface area contributed by atoms with Crippen molar-refractivity contribution in [3.8, 4) is 0 Å². The molecule has 2 rings (SSSR count). The lowest BCUT2D eigenvalue weighted by molar-refractivity contribution is -0.121. The van der Waals surface area contributed by atoms with Crippen molar-refractivity contribution in [1.29, 1.82) is 0 Å². The highest BCUT2D eigenvalue weighted by Gasteiger charge is 2.13. The number of rotatable bonds is 6. The van der Waals surface area contributed by atoms with E-state index >= 15 is 0 Å². The van der Waals surface area contributed by atoms with Gasteiger partial charge in [0.15, 0.2) is 0 Å². The maximum atomic E-state index is 12.1. The Kier molecular flexibility index (Phi) is 7.75. The van der Waals surface area contributed by atoms with Crippen LogP contribution in [0.25, 0.3) is 0 Å². The molecule has 5 nitrogen and oxygen atoms in total. The van der Waals surface area contributed by atoms with Crippen LogP contribution in [0.15, 0.2) is 24.3 Å². The Morgan fingerprint density at radius 3 is 2.25 bits per heavy atom. The molecule has 5 heteroatoms. The van der Waals surface area contributed by atoms with E-state index < -0.39 is 0 Å². The Morgan fingerprint density at radius 2 is 1.62 bits per heavy atom. The molecule has 0 spiro atoms. The number of hydrogen-bond donors (Lipinski definition) is 3. The highest BCUT2D eigenvalue weighted by molar-refractivity contribution is 5.93. The minimum Gasteiger partial charge on any atom is -0.355 e. The molecule has 2 amide bonds. The molecule has 0 bridgehead atoms. The van der Waals surface area contributed by atoms with Crippen LogP contribution in [0.2, 0.25) is 0 Å². The maximum absolute atomic E-state index is 12.1. The molecule has 1 aromatic rings. The van der Waals surface area contributed by atoms with Crippen molar-refractivity contribution in [2.24, 2.45) is 0 Å². The van der Waals surface area contributed by atoms with E-state index in [1.54, 1.807) is 19.2 Å². The number of hydrogen-bond acceptors (Lipinski definition) is 3. The molecule has 1 fully saturated rings. The third-order valence-electron chi connectivity index (χ3n) is 4.53. The second-order valence-electron chi connectivity index (χ2n) is 6.49. The van der Waals surface area contributed by atoms with Gasteiger partial charge >= 0.3 is 0 Å². The predicted molar refractivity (Wildman–Crippen MR) is 95.8 cm³/mol. The van der Waals surface area contributed by atoms with Gasteiger partial charge in [-0.15, -0.1) is 0 Å². The number of amides is 2. The number of carbonyl (C=O) groups is 2. The summed E-state index contributed by atoms with van der Waals surface area (Å²) in [5, 5.41) is 8.92. The molecule has 1 aliphatic rings. The van der Waals surface area contributed by atoms with Crippen LogP contribution in [-0.4, -0.2) is 31.4 Å². The topological polar surface area (TPSA) is 70.2 Å². The smallest absolute Gasteiger partial charge is 0.251 e. The van der Waals surface area contributed by atoms with E-state index in [1.165, 1.54) is 32.1 Å². The van der Waals surface area contributed by atoms with Crippen molar-refractivity contribution >= 4 is 11.8 Å². The third kappa shape index (κ3) is 6.32. The lowest BCUT2D eigenvalue weighted by Crippen LogP contribution is -2.40. The largest absolute Gasteiger partial charge is 0.355 e. The molecule has 0 saturated heterocycles. The van der Waals surface area contributed by atoms with Crippen LogP contribution in [0.3, 0.4) is 0 Å². The summed E-state index contributed by atoms with van der Waals surface area (Å²) in [6.07, 6.45) is 8.56. The molecule has 1 aliphatic carbocycles. The van der Waals surface area contributed by atoms with Gasteiger partial charge in [-0.1, -0.05) is 44.2 Å². The van der Waals surface area contributed by atoms with Crippen LogP contribution in [0, 0.1) is 0 Å². The van der Waals surface area contributed by atoms with Crippen LogP contribution < -0.4 is 16.0 Å². The average Bonchev–Trinajstić information content (AvgIpc) is 2.57. The maximum Gasteiger partial charge on any atom is 0.251 e. The third-order valence-corrected chi connectivity index (χ3v) is 4.53. The predicted octanol–water partition coefficient (Wildman–Crippen LogP) is 2.36. The zero-order valence-electron chi connectivity index (χ0n) is 14.6. The molecule has 132 valence electrons. The fourth-order valence-electron chi connectivity index (χ4n) is 3.12. The van der Waals surface area contributed by atoms with E-state index in [0.29, 0.717) is 24.7 Å². The van der Waals surface area contributed by atoms with Crippen molar-refractivity contribution in [2.75, 3.05) is 13.6 Å². The van der Waals surface area contributed by atoms with Crippen LogP contribution in [-0.2, 0) is 11.3 Å². The fraction of sp³-hybridized carbons (Fsp3) is 0.579. The van der Waals surface area contributed by atoms with Crippen LogP contribution in [0.1, 0.15) is 60.9 Å². The van der Waals surface area contributed by atoms with E-state index in [2.05, 4.69) is 16.0 Å². The molecule has 3 N–H and O–H groups in total. The van der Waals surface area contributed by atoms with Gasteiger partial charge in [-0.3, -0.25) is 9.59 Å². The fourth-order valence-corrected chi connectivity index (χ4v) is 3.12. The summed E-state index contributed by atoms with van der Waals surface area (Å²) >= 11 is 0. The van der Waals surface area contributed by atoms with Gasteiger partial charge in [0, 0.05) is 25.2 Å². The molecular formula is C19H29N3O2. The summed E-state index contributed by atoms with van der Waals surface area (Å²) in [5.74, 6) is -0.0179. The zero-order chi connectivity index (χ0) is 17.2. The number of nitrogens with one attached hydrogen (secondary N) is 3. The molecule has 1 aromatic carbocycles. The zero-order valence-corrected chi connectivity index (χ0v) is 14.6. The van der Waals surface area contributed by atoms with Crippen molar-refractivity contribution in [3.05, 3.63) is 35.4 Å². The van der Waals surface area contributed by atoms with Crippen molar-refractivity contribution in [3.63, 3.8) is 0 Å². The molecule has 0 radical (unpaired) electrons. The quantitative estimate of drug-likeness (QED) is 0.749. The van der Waals surface area contributed by atoms with Gasteiger partial charge in [0.1, 0.15) is 0 Å². The molecule has 0 aliphatic heterocycles. The van der Waals surface area contributed by atoms with Gasteiger partial charge in [-0.05, 0) is 30.5 Å². The second-order valence-corrected chi connectivity index (χ2v) is 6.49. The first-order valence-electron chi connectivity index (χ1n) is 9.00. The van der Waals surface area contributed by atoms with E-state index in [-0.39, 0.29) is 11.8 Å². The van der Waals surface area contributed by atoms with Crippen molar-refractivity contribution in [2.45, 2.75) is 57.5 Å². The molecule has 0 atom stereocenters. The molecule has 0 aromatic heterocycles. The summed E-state index contributed by atoms with van der Waals surface area (Å²) in [7, 11) is 1.62. The van der Waals surface area contributed by atoms with Gasteiger partial charge in [0.25, 0.3) is 5.91 Å². The Hall–Kier alpha value is -1.88. The molecule has 0 unspecified atom stereocenters. The van der Waals surface area contributed by atoms with Gasteiger partial charge in [0.2, 0.25) is 5.91 Å². The van der Waals surface area contributed by atoms with E-state index in [1.807, 2.05) is 12.1 Å². The minimum absolute atomic E-state index is 0.0718. The summed E-state index contributed by atoms with van der Waals surface area (Å²) < 4.78 is 0. The minimum atomic E-state index is -0.0897. The van der Waals surface area contributed by atoms with Crippen molar-refractivity contribution < 1.29 is 9.59 Å². The second kappa shape index (κ2) is 10.1. The highest BCUT2D eigenvalue weighted by Crippen LogP contribution is 2.16. The van der Waals surface area contributed by atoms with Crippen LogP contribution in [0.4, 0.5) is 0 Å². The van der Waals surface area contributed by atoms with Gasteiger partial charge in [-0.25, -0.2) is 0 Å². The van der Waals surface area contributed by atoms with Gasteiger partial charge < -0.3 is 16.0 Å². The highest BCUT2D eigenvalue weighted by atomic mass is 16.2. The van der Waals surface area contributed by atoms with Crippen molar-refractivity contribution in [1.82, 2.24) is 16.0 Å². The normalized spacial score (nSPS) is 16.0. The average molecular weight is 331 g/mol. The van der Waals surface area contributed by atoms with Crippen LogP contribution >= 0.6 is 0 Å². The Bertz CT molecular complexity index is 520. The first-order chi connectivity index (χ1) is 11.7. The van der Waals surface area contributed by atoms with Crippen LogP contribution in [0.5, 0.6) is 0 Å². The Balaban J connectivity index is 1.69. The van der Waals surface area contributed by atoms with E-state index in [9.17, 15) is 9.59 Å². The molecule has 1 saturated carbocycles. The lowest BCUT2D eigenvalue weighted by Gasteiger charge is -2.21. The van der Waals surface area contributed by atoms with E-state index in [0.717, 1.165) is 18.4 Å². The summed E-state index contributed by atoms with van der Waals surface area (Å²) in [4.78, 5) is 23.5. The number of carbonyl (C=O) groups excluding carboxylic acids is 2. The molecule has 24 heavy (non-hydrogen) atoms. The summed E-state index contributed by atoms with van der Waals surface area (Å²) in [6.45, 7) is 0.944. The number of benzene rings is 1. The standard InChI is InChI=1S/C19H29N3O2/c1-20-19(24)16-11-9-15(10-12-16)13-21-14-18(23)22-17-7-5-3-2-4-6-8-17/h9-12,17,21H,2-8,13-14H2,1H3,(H,20,24)(H,22,23). The van der Waals surface area contributed by atoms with Gasteiger partial charge in [-0.2, -0.15) is 0 Å². The first kappa shape index (κ1) is 18.5. The Morgan fingerprint density at radius 1 is 1.00 bits per heavy atom.